The summed E-state index contributed by atoms with van der Waals surface area (Å²) in [4.78, 5) is 15.1. The summed E-state index contributed by atoms with van der Waals surface area (Å²) in [6, 6.07) is 1.69. The summed E-state index contributed by atoms with van der Waals surface area (Å²) < 4.78 is 1.32. The lowest BCUT2D eigenvalue weighted by Gasteiger charge is -1.97. The van der Waals surface area contributed by atoms with Gasteiger partial charge in [-0.15, -0.1) is 11.8 Å². The summed E-state index contributed by atoms with van der Waals surface area (Å²) in [7, 11) is 0. The van der Waals surface area contributed by atoms with Crippen LogP contribution >= 0.6 is 11.8 Å². The van der Waals surface area contributed by atoms with Crippen molar-refractivity contribution in [2.45, 2.75) is 5.03 Å². The Morgan fingerprint density at radius 1 is 1.64 bits per heavy atom. The van der Waals surface area contributed by atoms with Gasteiger partial charge in [0.2, 0.25) is 0 Å². The zero-order valence-electron chi connectivity index (χ0n) is 7.17. The highest BCUT2D eigenvalue weighted by Gasteiger charge is 2.01. The number of rotatable bonds is 3. The van der Waals surface area contributed by atoms with Crippen molar-refractivity contribution in [3.63, 3.8) is 0 Å². The lowest BCUT2D eigenvalue weighted by atomic mass is 10.6. The number of nitrogens with zero attached hydrogens (tertiary/aromatic N) is 3. The summed E-state index contributed by atoms with van der Waals surface area (Å²) in [5.74, 6) is 0.581. The average molecular weight is 212 g/mol. The van der Waals surface area contributed by atoms with Gasteiger partial charge in [-0.3, -0.25) is 0 Å². The normalized spacial score (nSPS) is 10.9. The van der Waals surface area contributed by atoms with Gasteiger partial charge in [-0.05, 0) is 0 Å². The summed E-state index contributed by atoms with van der Waals surface area (Å²) in [5, 5.41) is 15.5. The topological polar surface area (TPSA) is 83.3 Å². The Kier molecular flexibility index (Phi) is 2.51. The maximum atomic E-state index is 11.1. The fourth-order valence-corrected chi connectivity index (χ4v) is 1.63. The smallest absolute Gasteiger partial charge is 0.348 e. The zero-order chi connectivity index (χ0) is 9.97. The second-order valence-corrected chi connectivity index (χ2v) is 3.67. The molecule has 6 nitrogen and oxygen atoms in total. The van der Waals surface area contributed by atoms with Gasteiger partial charge in [0, 0.05) is 11.8 Å². The van der Waals surface area contributed by atoms with Crippen molar-refractivity contribution >= 4 is 17.4 Å². The number of hydrogen-bond acceptors (Lipinski definition) is 5. The number of aliphatic hydroxyl groups excluding tert-OH is 1. The number of aromatic nitrogens is 4. The minimum Gasteiger partial charge on any atom is -0.396 e. The SMILES string of the molecule is O=c1[nH]nc2cc(SCCO)ncn12. The maximum Gasteiger partial charge on any atom is 0.348 e. The van der Waals surface area contributed by atoms with E-state index in [1.54, 1.807) is 6.07 Å². The first-order valence-corrected chi connectivity index (χ1v) is 4.96. The number of hydrogen-bond donors (Lipinski definition) is 2. The summed E-state index contributed by atoms with van der Waals surface area (Å²) in [5.41, 5.74) is 0.233. The van der Waals surface area contributed by atoms with Crippen molar-refractivity contribution in [2.75, 3.05) is 12.4 Å². The van der Waals surface area contributed by atoms with E-state index in [1.165, 1.54) is 22.5 Å². The van der Waals surface area contributed by atoms with Gasteiger partial charge in [-0.1, -0.05) is 0 Å². The van der Waals surface area contributed by atoms with Crippen LogP contribution in [-0.2, 0) is 0 Å². The fraction of sp³-hybridized carbons (Fsp3) is 0.286. The minimum absolute atomic E-state index is 0.102. The van der Waals surface area contributed by atoms with Gasteiger partial charge in [0.15, 0.2) is 5.65 Å². The number of aromatic amines is 1. The number of fused-ring (bicyclic) bond motifs is 1. The van der Waals surface area contributed by atoms with E-state index >= 15 is 0 Å². The fourth-order valence-electron chi connectivity index (χ4n) is 1.02. The summed E-state index contributed by atoms with van der Waals surface area (Å²) in [6.45, 7) is 0.102. The number of thioether (sulfide) groups is 1. The van der Waals surface area contributed by atoms with Gasteiger partial charge in [0.25, 0.3) is 0 Å². The molecular formula is C7H8N4O2S. The molecule has 0 bridgehead atoms. The van der Waals surface area contributed by atoms with Crippen LogP contribution in [0, 0.1) is 0 Å². The Hall–Kier alpha value is -1.34. The molecule has 0 saturated carbocycles. The largest absolute Gasteiger partial charge is 0.396 e. The summed E-state index contributed by atoms with van der Waals surface area (Å²) >= 11 is 1.41. The number of H-pyrrole nitrogens is 1. The van der Waals surface area contributed by atoms with E-state index in [0.29, 0.717) is 11.4 Å². The van der Waals surface area contributed by atoms with E-state index < -0.39 is 0 Å². The van der Waals surface area contributed by atoms with E-state index in [4.69, 9.17) is 5.11 Å². The van der Waals surface area contributed by atoms with Crippen LogP contribution < -0.4 is 5.69 Å². The Balaban J connectivity index is 2.37. The van der Waals surface area contributed by atoms with Crippen LogP contribution in [0.4, 0.5) is 0 Å². The first kappa shape index (κ1) is 9.22. The van der Waals surface area contributed by atoms with E-state index in [-0.39, 0.29) is 12.3 Å². The third-order valence-corrected chi connectivity index (χ3v) is 2.53. The first-order chi connectivity index (χ1) is 6.81. The molecule has 0 radical (unpaired) electrons. The van der Waals surface area contributed by atoms with Crippen molar-refractivity contribution in [2.24, 2.45) is 0 Å². The van der Waals surface area contributed by atoms with E-state index in [1.807, 2.05) is 0 Å². The minimum atomic E-state index is -0.300. The highest BCUT2D eigenvalue weighted by molar-refractivity contribution is 7.99. The van der Waals surface area contributed by atoms with Crippen LogP contribution in [0.2, 0.25) is 0 Å². The molecule has 0 aliphatic carbocycles. The van der Waals surface area contributed by atoms with Crippen LogP contribution in [0.3, 0.4) is 0 Å². The Morgan fingerprint density at radius 2 is 2.50 bits per heavy atom. The highest BCUT2D eigenvalue weighted by atomic mass is 32.2. The molecule has 0 amide bonds. The highest BCUT2D eigenvalue weighted by Crippen LogP contribution is 2.14. The summed E-state index contributed by atoms with van der Waals surface area (Å²) in [6.07, 6.45) is 1.42. The molecule has 74 valence electrons. The van der Waals surface area contributed by atoms with Crippen LogP contribution in [0.5, 0.6) is 0 Å². The van der Waals surface area contributed by atoms with Gasteiger partial charge in [0.05, 0.1) is 6.61 Å². The van der Waals surface area contributed by atoms with Crippen molar-refractivity contribution in [3.8, 4) is 0 Å². The molecule has 2 aromatic rings. The molecule has 0 aliphatic heterocycles. The molecule has 0 atom stereocenters. The average Bonchev–Trinajstić information content (AvgIpc) is 2.57. The van der Waals surface area contributed by atoms with Gasteiger partial charge in [0.1, 0.15) is 11.4 Å². The van der Waals surface area contributed by atoms with Crippen LogP contribution in [-0.4, -0.2) is 37.0 Å². The number of nitrogens with one attached hydrogen (secondary N) is 1. The second kappa shape index (κ2) is 3.81. The Labute approximate surface area is 83.0 Å². The van der Waals surface area contributed by atoms with Crippen molar-refractivity contribution in [3.05, 3.63) is 22.9 Å². The standard InChI is InChI=1S/C7H8N4O2S/c12-1-2-14-6-3-5-9-10-7(13)11(5)4-8-6/h3-4,12H,1-2H2,(H,10,13). The molecule has 2 rings (SSSR count). The Morgan fingerprint density at radius 3 is 3.29 bits per heavy atom. The van der Waals surface area contributed by atoms with Crippen molar-refractivity contribution < 1.29 is 5.11 Å². The molecular weight excluding hydrogens is 204 g/mol. The third kappa shape index (κ3) is 1.64. The molecule has 0 saturated heterocycles. The van der Waals surface area contributed by atoms with Gasteiger partial charge in [-0.2, -0.15) is 5.10 Å². The molecule has 2 N–H and O–H groups in total. The number of aliphatic hydroxyl groups is 1. The quantitative estimate of drug-likeness (QED) is 0.529. The van der Waals surface area contributed by atoms with Crippen LogP contribution in [0.1, 0.15) is 0 Å². The monoisotopic (exact) mass is 212 g/mol. The second-order valence-electron chi connectivity index (χ2n) is 2.56. The molecule has 7 heteroatoms. The molecule has 0 unspecified atom stereocenters. The first-order valence-electron chi connectivity index (χ1n) is 3.97. The third-order valence-electron chi connectivity index (χ3n) is 1.63. The maximum absolute atomic E-state index is 11.1. The molecule has 0 aromatic carbocycles. The molecule has 14 heavy (non-hydrogen) atoms. The van der Waals surface area contributed by atoms with Gasteiger partial charge >= 0.3 is 5.69 Å². The van der Waals surface area contributed by atoms with Crippen LogP contribution in [0.25, 0.3) is 5.65 Å². The predicted octanol–water partition coefficient (Wildman–Crippen LogP) is -0.498. The lowest BCUT2D eigenvalue weighted by Crippen LogP contribution is -2.09. The predicted molar refractivity (Wildman–Crippen MR) is 51.4 cm³/mol. The molecule has 0 spiro atoms. The van der Waals surface area contributed by atoms with Crippen molar-refractivity contribution in [1.29, 1.82) is 0 Å². The van der Waals surface area contributed by atoms with E-state index in [2.05, 4.69) is 15.2 Å². The Bertz CT molecular complexity index is 492. The molecule has 0 fully saturated rings. The lowest BCUT2D eigenvalue weighted by molar-refractivity contribution is 0.322. The van der Waals surface area contributed by atoms with E-state index in [9.17, 15) is 4.79 Å². The van der Waals surface area contributed by atoms with Crippen LogP contribution in [0.15, 0.2) is 22.2 Å². The molecule has 2 heterocycles. The molecule has 2 aromatic heterocycles. The zero-order valence-corrected chi connectivity index (χ0v) is 7.99. The van der Waals surface area contributed by atoms with Gasteiger partial charge < -0.3 is 5.11 Å². The van der Waals surface area contributed by atoms with E-state index in [0.717, 1.165) is 5.03 Å². The van der Waals surface area contributed by atoms with Gasteiger partial charge in [-0.25, -0.2) is 19.3 Å². The van der Waals surface area contributed by atoms with Crippen molar-refractivity contribution in [1.82, 2.24) is 19.6 Å². The molecule has 0 aliphatic rings.